The SMILES string of the molecule is NC1(CNc2ccc(Cl)c(Cl)c2)CC1. The van der Waals surface area contributed by atoms with Crippen LogP contribution in [0.3, 0.4) is 0 Å². The number of benzene rings is 1. The number of anilines is 1. The van der Waals surface area contributed by atoms with Crippen molar-refractivity contribution in [3.63, 3.8) is 0 Å². The van der Waals surface area contributed by atoms with Crippen molar-refractivity contribution < 1.29 is 0 Å². The molecule has 0 radical (unpaired) electrons. The standard InChI is InChI=1S/C10H12Cl2N2/c11-8-2-1-7(5-9(8)12)14-6-10(13)3-4-10/h1-2,5,14H,3-4,6,13H2. The first kappa shape index (κ1) is 10.1. The molecule has 0 atom stereocenters. The van der Waals surface area contributed by atoms with Crippen LogP contribution in [0.5, 0.6) is 0 Å². The number of halogens is 2. The number of hydrogen-bond acceptors (Lipinski definition) is 2. The van der Waals surface area contributed by atoms with Crippen molar-refractivity contribution in [2.24, 2.45) is 5.73 Å². The minimum atomic E-state index is 0.00606. The van der Waals surface area contributed by atoms with Crippen molar-refractivity contribution in [3.05, 3.63) is 28.2 Å². The van der Waals surface area contributed by atoms with Gasteiger partial charge in [-0.25, -0.2) is 0 Å². The number of nitrogens with one attached hydrogen (secondary N) is 1. The highest BCUT2D eigenvalue weighted by molar-refractivity contribution is 6.42. The number of rotatable bonds is 3. The highest BCUT2D eigenvalue weighted by Crippen LogP contribution is 2.32. The van der Waals surface area contributed by atoms with Crippen LogP contribution in [0.25, 0.3) is 0 Å². The van der Waals surface area contributed by atoms with E-state index in [1.165, 1.54) is 0 Å². The van der Waals surface area contributed by atoms with Crippen molar-refractivity contribution in [1.82, 2.24) is 0 Å². The fourth-order valence-electron chi connectivity index (χ4n) is 1.22. The first-order valence-corrected chi connectivity index (χ1v) is 5.32. The zero-order valence-electron chi connectivity index (χ0n) is 7.69. The highest BCUT2D eigenvalue weighted by Gasteiger charge is 2.37. The van der Waals surface area contributed by atoms with Gasteiger partial charge in [0.25, 0.3) is 0 Å². The van der Waals surface area contributed by atoms with Crippen molar-refractivity contribution in [2.45, 2.75) is 18.4 Å². The molecule has 1 aliphatic carbocycles. The van der Waals surface area contributed by atoms with E-state index < -0.39 is 0 Å². The molecule has 0 bridgehead atoms. The van der Waals surface area contributed by atoms with E-state index >= 15 is 0 Å². The summed E-state index contributed by atoms with van der Waals surface area (Å²) in [7, 11) is 0. The third-order valence-corrected chi connectivity index (χ3v) is 3.20. The largest absolute Gasteiger partial charge is 0.383 e. The first-order chi connectivity index (χ1) is 6.59. The van der Waals surface area contributed by atoms with Crippen LogP contribution in [0.1, 0.15) is 12.8 Å². The molecule has 0 aliphatic heterocycles. The van der Waals surface area contributed by atoms with Crippen LogP contribution in [0.4, 0.5) is 5.69 Å². The lowest BCUT2D eigenvalue weighted by atomic mass is 10.2. The monoisotopic (exact) mass is 230 g/mol. The molecule has 1 fully saturated rings. The van der Waals surface area contributed by atoms with Gasteiger partial charge in [0.05, 0.1) is 10.0 Å². The third-order valence-electron chi connectivity index (χ3n) is 2.46. The molecule has 14 heavy (non-hydrogen) atoms. The van der Waals surface area contributed by atoms with Crippen LogP contribution in [0.2, 0.25) is 10.0 Å². The number of nitrogens with two attached hydrogens (primary N) is 1. The van der Waals surface area contributed by atoms with Crippen molar-refractivity contribution in [3.8, 4) is 0 Å². The summed E-state index contributed by atoms with van der Waals surface area (Å²) in [6, 6.07) is 5.50. The average Bonchev–Trinajstić information content (AvgIpc) is 2.87. The summed E-state index contributed by atoms with van der Waals surface area (Å²) in [5.74, 6) is 0. The molecule has 1 aromatic carbocycles. The summed E-state index contributed by atoms with van der Waals surface area (Å²) in [6.45, 7) is 0.797. The van der Waals surface area contributed by atoms with E-state index in [-0.39, 0.29) is 5.54 Å². The second-order valence-electron chi connectivity index (χ2n) is 3.84. The van der Waals surface area contributed by atoms with E-state index in [0.717, 1.165) is 25.1 Å². The Labute approximate surface area is 93.4 Å². The molecular weight excluding hydrogens is 219 g/mol. The van der Waals surface area contributed by atoms with Gasteiger partial charge in [-0.1, -0.05) is 23.2 Å². The van der Waals surface area contributed by atoms with E-state index in [1.54, 1.807) is 6.07 Å². The Hall–Kier alpha value is -0.440. The van der Waals surface area contributed by atoms with Crippen LogP contribution >= 0.6 is 23.2 Å². The maximum Gasteiger partial charge on any atom is 0.0612 e. The molecule has 1 aliphatic rings. The predicted molar refractivity (Wildman–Crippen MR) is 61.1 cm³/mol. The second-order valence-corrected chi connectivity index (χ2v) is 4.66. The zero-order valence-corrected chi connectivity index (χ0v) is 9.20. The second kappa shape index (κ2) is 3.61. The van der Waals surface area contributed by atoms with Gasteiger partial charge in [0.15, 0.2) is 0 Å². The summed E-state index contributed by atoms with van der Waals surface area (Å²) < 4.78 is 0. The summed E-state index contributed by atoms with van der Waals surface area (Å²) >= 11 is 11.7. The molecule has 4 heteroatoms. The van der Waals surface area contributed by atoms with Crippen molar-refractivity contribution in [2.75, 3.05) is 11.9 Å². The molecule has 0 spiro atoms. The minimum Gasteiger partial charge on any atom is -0.383 e. The van der Waals surface area contributed by atoms with E-state index in [2.05, 4.69) is 5.32 Å². The van der Waals surface area contributed by atoms with Crippen LogP contribution in [0.15, 0.2) is 18.2 Å². The molecule has 1 aromatic rings. The van der Waals surface area contributed by atoms with E-state index in [9.17, 15) is 0 Å². The van der Waals surface area contributed by atoms with Gasteiger partial charge >= 0.3 is 0 Å². The van der Waals surface area contributed by atoms with Gasteiger partial charge in [0.2, 0.25) is 0 Å². The van der Waals surface area contributed by atoms with Gasteiger partial charge in [-0.15, -0.1) is 0 Å². The van der Waals surface area contributed by atoms with E-state index in [1.807, 2.05) is 12.1 Å². The third kappa shape index (κ3) is 2.32. The Morgan fingerprint density at radius 3 is 2.57 bits per heavy atom. The topological polar surface area (TPSA) is 38.0 Å². The highest BCUT2D eigenvalue weighted by atomic mass is 35.5. The predicted octanol–water partition coefficient (Wildman–Crippen LogP) is 2.90. The van der Waals surface area contributed by atoms with Crippen LogP contribution < -0.4 is 11.1 Å². The lowest BCUT2D eigenvalue weighted by Crippen LogP contribution is -2.31. The average molecular weight is 231 g/mol. The van der Waals surface area contributed by atoms with Gasteiger partial charge in [0, 0.05) is 17.8 Å². The minimum absolute atomic E-state index is 0.00606. The summed E-state index contributed by atoms with van der Waals surface area (Å²) in [6.07, 6.45) is 2.20. The molecule has 1 saturated carbocycles. The van der Waals surface area contributed by atoms with Gasteiger partial charge < -0.3 is 11.1 Å². The Balaban J connectivity index is 1.99. The van der Waals surface area contributed by atoms with Crippen LogP contribution in [-0.4, -0.2) is 12.1 Å². The molecule has 0 aromatic heterocycles. The quantitative estimate of drug-likeness (QED) is 0.839. The molecule has 0 saturated heterocycles. The number of hydrogen-bond donors (Lipinski definition) is 2. The van der Waals surface area contributed by atoms with Crippen LogP contribution in [-0.2, 0) is 0 Å². The lowest BCUT2D eigenvalue weighted by molar-refractivity contribution is 0.713. The zero-order chi connectivity index (χ0) is 10.2. The molecule has 0 heterocycles. The maximum atomic E-state index is 5.94. The van der Waals surface area contributed by atoms with Gasteiger partial charge in [-0.3, -0.25) is 0 Å². The normalized spacial score (nSPS) is 17.9. The fraction of sp³-hybridized carbons (Fsp3) is 0.400. The molecule has 2 nitrogen and oxygen atoms in total. The molecule has 0 unspecified atom stereocenters. The summed E-state index contributed by atoms with van der Waals surface area (Å²) in [5.41, 5.74) is 6.92. The van der Waals surface area contributed by atoms with Gasteiger partial charge in [-0.2, -0.15) is 0 Å². The molecular formula is C10H12Cl2N2. The molecule has 2 rings (SSSR count). The van der Waals surface area contributed by atoms with Gasteiger partial charge in [0.1, 0.15) is 0 Å². The first-order valence-electron chi connectivity index (χ1n) is 4.57. The Morgan fingerprint density at radius 2 is 2.00 bits per heavy atom. The Bertz CT molecular complexity index is 348. The Kier molecular flexibility index (Phi) is 2.60. The smallest absolute Gasteiger partial charge is 0.0612 e. The summed E-state index contributed by atoms with van der Waals surface area (Å²) in [4.78, 5) is 0. The van der Waals surface area contributed by atoms with Crippen molar-refractivity contribution >= 4 is 28.9 Å². The van der Waals surface area contributed by atoms with E-state index in [0.29, 0.717) is 10.0 Å². The summed E-state index contributed by atoms with van der Waals surface area (Å²) in [5, 5.41) is 4.39. The maximum absolute atomic E-state index is 5.94. The molecule has 0 amide bonds. The van der Waals surface area contributed by atoms with Crippen molar-refractivity contribution in [1.29, 1.82) is 0 Å². The Morgan fingerprint density at radius 1 is 1.29 bits per heavy atom. The van der Waals surface area contributed by atoms with E-state index in [4.69, 9.17) is 28.9 Å². The molecule has 76 valence electrons. The van der Waals surface area contributed by atoms with Crippen LogP contribution in [0, 0.1) is 0 Å². The fourth-order valence-corrected chi connectivity index (χ4v) is 1.52. The van der Waals surface area contributed by atoms with Gasteiger partial charge in [-0.05, 0) is 31.0 Å². The molecule has 3 N–H and O–H groups in total. The lowest BCUT2D eigenvalue weighted by Gasteiger charge is -2.11.